The largest absolute Gasteiger partial charge is 0.483 e. The van der Waals surface area contributed by atoms with Crippen LogP contribution in [0, 0.1) is 20.8 Å². The van der Waals surface area contributed by atoms with Gasteiger partial charge in [-0.2, -0.15) is 5.10 Å². The van der Waals surface area contributed by atoms with Gasteiger partial charge in [0, 0.05) is 25.4 Å². The quantitative estimate of drug-likeness (QED) is 0.918. The molecule has 1 N–H and O–H groups in total. The minimum atomic E-state index is -0.0597. The van der Waals surface area contributed by atoms with Crippen molar-refractivity contribution in [2.75, 3.05) is 13.7 Å². The smallest absolute Gasteiger partial charge is 0.260 e. The number of carbonyl (C=O) groups excluding carboxylic acids is 1. The van der Waals surface area contributed by atoms with Crippen LogP contribution < -0.4 is 4.74 Å². The third-order valence-corrected chi connectivity index (χ3v) is 3.35. The third kappa shape index (κ3) is 3.84. The van der Waals surface area contributed by atoms with Gasteiger partial charge in [-0.1, -0.05) is 17.7 Å². The molecule has 1 amide bonds. The van der Waals surface area contributed by atoms with Gasteiger partial charge in [0.1, 0.15) is 5.75 Å². The lowest BCUT2D eigenvalue weighted by Gasteiger charge is -2.18. The molecule has 0 saturated carbocycles. The van der Waals surface area contributed by atoms with Crippen molar-refractivity contribution in [1.82, 2.24) is 15.1 Å². The van der Waals surface area contributed by atoms with Crippen LogP contribution >= 0.6 is 0 Å². The number of benzene rings is 1. The number of ether oxygens (including phenoxy) is 1. The lowest BCUT2D eigenvalue weighted by Crippen LogP contribution is -2.31. The first-order chi connectivity index (χ1) is 9.97. The van der Waals surface area contributed by atoms with Crippen molar-refractivity contribution in [2.45, 2.75) is 27.3 Å². The van der Waals surface area contributed by atoms with E-state index in [1.165, 1.54) is 5.56 Å². The van der Waals surface area contributed by atoms with Crippen molar-refractivity contribution in [2.24, 2.45) is 0 Å². The molecule has 0 aliphatic rings. The topological polar surface area (TPSA) is 58.2 Å². The van der Waals surface area contributed by atoms with Crippen LogP contribution in [0.15, 0.2) is 24.5 Å². The van der Waals surface area contributed by atoms with Crippen molar-refractivity contribution in [3.63, 3.8) is 0 Å². The lowest BCUT2D eigenvalue weighted by atomic mass is 10.1. The summed E-state index contributed by atoms with van der Waals surface area (Å²) in [5.41, 5.74) is 4.27. The first kappa shape index (κ1) is 15.1. The summed E-state index contributed by atoms with van der Waals surface area (Å²) in [4.78, 5) is 13.7. The summed E-state index contributed by atoms with van der Waals surface area (Å²) in [6, 6.07) is 4.12. The van der Waals surface area contributed by atoms with E-state index < -0.39 is 0 Å². The van der Waals surface area contributed by atoms with Crippen LogP contribution in [0.25, 0.3) is 0 Å². The van der Waals surface area contributed by atoms with Crippen LogP contribution in [-0.2, 0) is 11.3 Å². The van der Waals surface area contributed by atoms with E-state index in [2.05, 4.69) is 22.3 Å². The van der Waals surface area contributed by atoms with Crippen LogP contribution in [0.3, 0.4) is 0 Å². The summed E-state index contributed by atoms with van der Waals surface area (Å²) >= 11 is 0. The second-order valence-electron chi connectivity index (χ2n) is 5.37. The fourth-order valence-electron chi connectivity index (χ4n) is 2.36. The number of hydrogen-bond acceptors (Lipinski definition) is 3. The first-order valence-electron chi connectivity index (χ1n) is 6.89. The van der Waals surface area contributed by atoms with Gasteiger partial charge in [-0.3, -0.25) is 9.89 Å². The summed E-state index contributed by atoms with van der Waals surface area (Å²) < 4.78 is 5.71. The predicted octanol–water partition coefficient (Wildman–Crippen LogP) is 2.37. The summed E-state index contributed by atoms with van der Waals surface area (Å²) in [5, 5.41) is 6.60. The molecule has 0 unspecified atom stereocenters. The molecule has 0 atom stereocenters. The Kier molecular flexibility index (Phi) is 4.62. The molecular weight excluding hydrogens is 266 g/mol. The van der Waals surface area contributed by atoms with Crippen molar-refractivity contribution in [3.05, 3.63) is 46.8 Å². The first-order valence-corrected chi connectivity index (χ1v) is 6.89. The van der Waals surface area contributed by atoms with E-state index in [0.29, 0.717) is 6.54 Å². The highest BCUT2D eigenvalue weighted by molar-refractivity contribution is 5.77. The lowest BCUT2D eigenvalue weighted by molar-refractivity contribution is -0.132. The molecule has 5 heteroatoms. The number of H-pyrrole nitrogens is 1. The SMILES string of the molecule is Cc1cc(C)c(OCC(=O)N(C)Cc2cn[nH]c2)c(C)c1. The minimum absolute atomic E-state index is 0.0408. The van der Waals surface area contributed by atoms with Crippen molar-refractivity contribution >= 4 is 5.91 Å². The molecule has 2 rings (SSSR count). The van der Waals surface area contributed by atoms with Gasteiger partial charge < -0.3 is 9.64 Å². The fourth-order valence-corrected chi connectivity index (χ4v) is 2.36. The maximum absolute atomic E-state index is 12.1. The second-order valence-corrected chi connectivity index (χ2v) is 5.37. The van der Waals surface area contributed by atoms with Gasteiger partial charge in [0.25, 0.3) is 5.91 Å². The van der Waals surface area contributed by atoms with Crippen molar-refractivity contribution < 1.29 is 9.53 Å². The molecule has 0 bridgehead atoms. The highest BCUT2D eigenvalue weighted by Gasteiger charge is 2.12. The Balaban J connectivity index is 1.95. The van der Waals surface area contributed by atoms with E-state index in [9.17, 15) is 4.79 Å². The van der Waals surface area contributed by atoms with E-state index >= 15 is 0 Å². The van der Waals surface area contributed by atoms with E-state index in [-0.39, 0.29) is 12.5 Å². The Morgan fingerprint density at radius 2 is 1.95 bits per heavy atom. The summed E-state index contributed by atoms with van der Waals surface area (Å²) in [7, 11) is 1.76. The number of nitrogens with zero attached hydrogens (tertiary/aromatic N) is 2. The molecule has 21 heavy (non-hydrogen) atoms. The molecule has 0 fully saturated rings. The number of carbonyl (C=O) groups is 1. The molecule has 1 heterocycles. The number of hydrogen-bond donors (Lipinski definition) is 1. The molecular formula is C16H21N3O2. The minimum Gasteiger partial charge on any atom is -0.483 e. The summed E-state index contributed by atoms with van der Waals surface area (Å²) in [5.74, 6) is 0.737. The highest BCUT2D eigenvalue weighted by Crippen LogP contribution is 2.24. The van der Waals surface area contributed by atoms with E-state index in [4.69, 9.17) is 4.74 Å². The number of aryl methyl sites for hydroxylation is 3. The van der Waals surface area contributed by atoms with E-state index in [1.54, 1.807) is 24.3 Å². The fraction of sp³-hybridized carbons (Fsp3) is 0.375. The average molecular weight is 287 g/mol. The Bertz CT molecular complexity index is 597. The predicted molar refractivity (Wildman–Crippen MR) is 81.2 cm³/mol. The van der Waals surface area contributed by atoms with Gasteiger partial charge in [0.05, 0.1) is 6.20 Å². The molecule has 1 aromatic heterocycles. The summed E-state index contributed by atoms with van der Waals surface area (Å²) in [6.45, 7) is 6.60. The van der Waals surface area contributed by atoms with Crippen molar-refractivity contribution in [1.29, 1.82) is 0 Å². The Morgan fingerprint density at radius 3 is 2.52 bits per heavy atom. The zero-order valence-corrected chi connectivity index (χ0v) is 12.9. The van der Waals surface area contributed by atoms with Crippen LogP contribution in [0.5, 0.6) is 5.75 Å². The molecule has 1 aromatic carbocycles. The number of amides is 1. The van der Waals surface area contributed by atoms with Crippen LogP contribution in [0.1, 0.15) is 22.3 Å². The maximum Gasteiger partial charge on any atom is 0.260 e. The summed E-state index contributed by atoms with van der Waals surface area (Å²) in [6.07, 6.45) is 3.48. The Labute approximate surface area is 124 Å². The van der Waals surface area contributed by atoms with E-state index in [1.807, 2.05) is 20.8 Å². The Morgan fingerprint density at radius 1 is 1.29 bits per heavy atom. The van der Waals surface area contributed by atoms with Crippen molar-refractivity contribution in [3.8, 4) is 5.75 Å². The molecule has 0 spiro atoms. The number of aromatic nitrogens is 2. The van der Waals surface area contributed by atoms with Crippen LogP contribution in [-0.4, -0.2) is 34.7 Å². The normalized spacial score (nSPS) is 10.5. The van der Waals surface area contributed by atoms with Gasteiger partial charge >= 0.3 is 0 Å². The molecule has 0 aliphatic carbocycles. The third-order valence-electron chi connectivity index (χ3n) is 3.35. The monoisotopic (exact) mass is 287 g/mol. The average Bonchev–Trinajstić information content (AvgIpc) is 2.89. The van der Waals surface area contributed by atoms with Gasteiger partial charge in [-0.05, 0) is 31.9 Å². The van der Waals surface area contributed by atoms with E-state index in [0.717, 1.165) is 22.4 Å². The molecule has 0 radical (unpaired) electrons. The number of nitrogens with one attached hydrogen (secondary N) is 1. The zero-order chi connectivity index (χ0) is 15.4. The number of aromatic amines is 1. The number of likely N-dealkylation sites (N-methyl/N-ethyl adjacent to an activating group) is 1. The molecule has 5 nitrogen and oxygen atoms in total. The Hall–Kier alpha value is -2.30. The second kappa shape index (κ2) is 6.43. The highest BCUT2D eigenvalue weighted by atomic mass is 16.5. The standard InChI is InChI=1S/C16H21N3O2/c1-11-5-12(2)16(13(3)6-11)21-10-15(20)19(4)9-14-7-17-18-8-14/h5-8H,9-10H2,1-4H3,(H,17,18). The zero-order valence-electron chi connectivity index (χ0n) is 12.9. The van der Waals surface area contributed by atoms with Crippen LogP contribution in [0.4, 0.5) is 0 Å². The molecule has 2 aromatic rings. The van der Waals surface area contributed by atoms with Gasteiger partial charge in [0.2, 0.25) is 0 Å². The van der Waals surface area contributed by atoms with Gasteiger partial charge in [0.15, 0.2) is 6.61 Å². The molecule has 0 aliphatic heterocycles. The van der Waals surface area contributed by atoms with Gasteiger partial charge in [-0.15, -0.1) is 0 Å². The maximum atomic E-state index is 12.1. The number of rotatable bonds is 5. The van der Waals surface area contributed by atoms with Gasteiger partial charge in [-0.25, -0.2) is 0 Å². The molecule has 112 valence electrons. The molecule has 0 saturated heterocycles. The van der Waals surface area contributed by atoms with Crippen LogP contribution in [0.2, 0.25) is 0 Å².